The van der Waals surface area contributed by atoms with Crippen LogP contribution in [-0.2, 0) is 6.18 Å². The largest absolute Gasteiger partial charge is 0.452 e. The topological polar surface area (TPSA) is 60.2 Å². The Morgan fingerprint density at radius 3 is 2.65 bits per heavy atom. The number of rotatable bonds is 4. The number of nitrogens with zero attached hydrogens (tertiary/aromatic N) is 4. The number of halogens is 3. The van der Waals surface area contributed by atoms with E-state index in [1.54, 1.807) is 0 Å². The zero-order chi connectivity index (χ0) is 14.9. The van der Waals surface area contributed by atoms with Crippen LogP contribution < -0.4 is 0 Å². The van der Waals surface area contributed by atoms with Gasteiger partial charge in [-0.3, -0.25) is 9.20 Å². The summed E-state index contributed by atoms with van der Waals surface area (Å²) in [5.74, 6) is -0.196. The van der Waals surface area contributed by atoms with Crippen LogP contribution in [0.4, 0.5) is 13.2 Å². The summed E-state index contributed by atoms with van der Waals surface area (Å²) >= 11 is 1.28. The molecule has 0 radical (unpaired) electrons. The Labute approximate surface area is 116 Å². The molecule has 0 aliphatic carbocycles. The van der Waals surface area contributed by atoms with Gasteiger partial charge in [-0.25, -0.2) is 4.98 Å². The molecule has 0 unspecified atom stereocenters. The van der Waals surface area contributed by atoms with Crippen molar-refractivity contribution in [3.8, 4) is 0 Å². The van der Waals surface area contributed by atoms with Gasteiger partial charge in [0, 0.05) is 5.75 Å². The number of thioether (sulfide) groups is 1. The molecule has 2 aromatic heterocycles. The van der Waals surface area contributed by atoms with Crippen LogP contribution in [0.3, 0.4) is 0 Å². The van der Waals surface area contributed by atoms with E-state index in [9.17, 15) is 18.0 Å². The third kappa shape index (κ3) is 2.77. The van der Waals surface area contributed by atoms with Gasteiger partial charge in [0.2, 0.25) is 5.82 Å². The van der Waals surface area contributed by atoms with Gasteiger partial charge in [-0.05, 0) is 5.92 Å². The van der Waals surface area contributed by atoms with Crippen molar-refractivity contribution < 1.29 is 18.0 Å². The minimum atomic E-state index is -4.68. The first-order valence-electron chi connectivity index (χ1n) is 5.74. The number of alkyl halides is 3. The Morgan fingerprint density at radius 2 is 2.10 bits per heavy atom. The van der Waals surface area contributed by atoms with Gasteiger partial charge in [0.15, 0.2) is 11.9 Å². The molecule has 2 aromatic rings. The van der Waals surface area contributed by atoms with Crippen LogP contribution in [0, 0.1) is 5.92 Å². The second-order valence-corrected chi connectivity index (χ2v) is 5.50. The maximum Gasteiger partial charge on any atom is 0.452 e. The number of hydrogen-bond donors (Lipinski definition) is 0. The molecule has 0 aliphatic heterocycles. The third-order valence-electron chi connectivity index (χ3n) is 2.35. The highest BCUT2D eigenvalue weighted by Crippen LogP contribution is 2.31. The quantitative estimate of drug-likeness (QED) is 0.642. The first kappa shape index (κ1) is 14.8. The van der Waals surface area contributed by atoms with Crippen LogP contribution in [0.2, 0.25) is 0 Å². The lowest BCUT2D eigenvalue weighted by Crippen LogP contribution is -2.13. The molecule has 108 valence electrons. The van der Waals surface area contributed by atoms with Crippen molar-refractivity contribution in [2.75, 3.05) is 5.75 Å². The molecule has 0 saturated carbocycles. The monoisotopic (exact) mass is 304 g/mol. The van der Waals surface area contributed by atoms with Crippen LogP contribution in [0.1, 0.15) is 30.2 Å². The summed E-state index contributed by atoms with van der Waals surface area (Å²) in [4.78, 5) is 14.9. The molecule has 2 heterocycles. The number of carbonyl (C=O) groups excluding carboxylic acids is 1. The van der Waals surface area contributed by atoms with Crippen LogP contribution in [0.15, 0.2) is 11.2 Å². The van der Waals surface area contributed by atoms with E-state index in [4.69, 9.17) is 0 Å². The highest BCUT2D eigenvalue weighted by Gasteiger charge is 2.38. The zero-order valence-corrected chi connectivity index (χ0v) is 11.5. The normalized spacial score (nSPS) is 12.3. The van der Waals surface area contributed by atoms with Crippen molar-refractivity contribution in [1.82, 2.24) is 19.6 Å². The second kappa shape index (κ2) is 5.39. The first-order valence-corrected chi connectivity index (χ1v) is 6.72. The molecule has 0 amide bonds. The second-order valence-electron chi connectivity index (χ2n) is 4.49. The molecule has 9 heteroatoms. The minimum absolute atomic E-state index is 0.0485. The van der Waals surface area contributed by atoms with Gasteiger partial charge < -0.3 is 0 Å². The van der Waals surface area contributed by atoms with E-state index in [0.29, 0.717) is 27.4 Å². The van der Waals surface area contributed by atoms with E-state index in [-0.39, 0.29) is 11.3 Å². The smallest absolute Gasteiger partial charge is 0.296 e. The Morgan fingerprint density at radius 1 is 1.40 bits per heavy atom. The summed E-state index contributed by atoms with van der Waals surface area (Å²) in [6.07, 6.45) is -3.28. The van der Waals surface area contributed by atoms with Crippen molar-refractivity contribution in [2.24, 2.45) is 5.92 Å². The van der Waals surface area contributed by atoms with Crippen molar-refractivity contribution in [3.63, 3.8) is 0 Å². The molecule has 0 bridgehead atoms. The van der Waals surface area contributed by atoms with E-state index >= 15 is 0 Å². The fraction of sp³-hybridized carbons (Fsp3) is 0.455. The summed E-state index contributed by atoms with van der Waals surface area (Å²) in [6.45, 7) is 3.96. The number of aldehydes is 1. The van der Waals surface area contributed by atoms with Crippen molar-refractivity contribution >= 4 is 23.7 Å². The van der Waals surface area contributed by atoms with Gasteiger partial charge in [0.1, 0.15) is 10.7 Å². The lowest BCUT2D eigenvalue weighted by atomic mass is 10.3. The molecule has 0 aromatic carbocycles. The van der Waals surface area contributed by atoms with Crippen LogP contribution in [0.25, 0.3) is 5.65 Å². The maximum absolute atomic E-state index is 12.8. The Hall–Kier alpha value is -1.64. The number of fused-ring (bicyclic) bond motifs is 1. The number of carbonyl (C=O) groups is 1. The zero-order valence-electron chi connectivity index (χ0n) is 10.7. The molecule has 2 rings (SSSR count). The fourth-order valence-corrected chi connectivity index (χ4v) is 2.40. The predicted molar refractivity (Wildman–Crippen MR) is 66.7 cm³/mol. The summed E-state index contributed by atoms with van der Waals surface area (Å²) in [5.41, 5.74) is -0.279. The van der Waals surface area contributed by atoms with Crippen LogP contribution in [0.5, 0.6) is 0 Å². The maximum atomic E-state index is 12.8. The van der Waals surface area contributed by atoms with E-state index in [0.717, 1.165) is 6.20 Å². The third-order valence-corrected chi connectivity index (χ3v) is 3.75. The highest BCUT2D eigenvalue weighted by molar-refractivity contribution is 7.99. The van der Waals surface area contributed by atoms with Gasteiger partial charge in [-0.15, -0.1) is 22.0 Å². The highest BCUT2D eigenvalue weighted by atomic mass is 32.2. The van der Waals surface area contributed by atoms with Crippen molar-refractivity contribution in [1.29, 1.82) is 0 Å². The van der Waals surface area contributed by atoms with Gasteiger partial charge in [-0.2, -0.15) is 13.2 Å². The van der Waals surface area contributed by atoms with Crippen molar-refractivity contribution in [2.45, 2.75) is 25.0 Å². The lowest BCUT2D eigenvalue weighted by Gasteiger charge is -2.08. The van der Waals surface area contributed by atoms with Gasteiger partial charge in [0.25, 0.3) is 0 Å². The van der Waals surface area contributed by atoms with E-state index in [1.165, 1.54) is 11.8 Å². The van der Waals surface area contributed by atoms with Gasteiger partial charge >= 0.3 is 6.18 Å². The average Bonchev–Trinajstić information content (AvgIpc) is 2.80. The molecule has 0 atom stereocenters. The SMILES string of the molecule is CC(C)CSc1ncc(C=O)n2c(C(F)(F)F)nnc12. The van der Waals surface area contributed by atoms with Gasteiger partial charge in [-0.1, -0.05) is 13.8 Å². The molecule has 20 heavy (non-hydrogen) atoms. The number of aromatic nitrogens is 4. The fourth-order valence-electron chi connectivity index (χ4n) is 1.52. The molecule has 0 N–H and O–H groups in total. The molecule has 0 aliphatic rings. The van der Waals surface area contributed by atoms with Crippen molar-refractivity contribution in [3.05, 3.63) is 17.7 Å². The lowest BCUT2D eigenvalue weighted by molar-refractivity contribution is -0.145. The molecule has 0 fully saturated rings. The standard InChI is InChI=1S/C11H11F3N4OS/c1-6(2)5-20-9-8-16-17-10(11(12,13)14)18(8)7(4-19)3-15-9/h3-4,6H,5H2,1-2H3. The molecular weight excluding hydrogens is 293 g/mol. The van der Waals surface area contributed by atoms with E-state index < -0.39 is 12.0 Å². The summed E-state index contributed by atoms with van der Waals surface area (Å²) in [7, 11) is 0. The summed E-state index contributed by atoms with van der Waals surface area (Å²) < 4.78 is 39.2. The Kier molecular flexibility index (Phi) is 3.98. The summed E-state index contributed by atoms with van der Waals surface area (Å²) in [6, 6.07) is 0. The van der Waals surface area contributed by atoms with Gasteiger partial charge in [0.05, 0.1) is 6.20 Å². The first-order chi connectivity index (χ1) is 9.34. The van der Waals surface area contributed by atoms with E-state index in [1.807, 2.05) is 13.8 Å². The molecule has 5 nitrogen and oxygen atoms in total. The molecular formula is C11H11F3N4OS. The number of hydrogen-bond acceptors (Lipinski definition) is 5. The summed E-state index contributed by atoms with van der Waals surface area (Å²) in [5, 5.41) is 6.99. The Balaban J connectivity index is 2.59. The average molecular weight is 304 g/mol. The van der Waals surface area contributed by atoms with Crippen LogP contribution >= 0.6 is 11.8 Å². The Bertz CT molecular complexity index is 638. The predicted octanol–water partition coefficient (Wildman–Crippen LogP) is 2.70. The molecule has 0 spiro atoms. The molecule has 0 saturated heterocycles. The van der Waals surface area contributed by atoms with E-state index in [2.05, 4.69) is 15.2 Å². The minimum Gasteiger partial charge on any atom is -0.296 e. The van der Waals surface area contributed by atoms with Crippen LogP contribution in [-0.4, -0.2) is 31.6 Å².